The Hall–Kier alpha value is -3.40. The van der Waals surface area contributed by atoms with E-state index in [9.17, 15) is 4.79 Å². The zero-order valence-corrected chi connectivity index (χ0v) is 17.3. The lowest BCUT2D eigenvalue weighted by Gasteiger charge is -2.14. The fourth-order valence-electron chi connectivity index (χ4n) is 2.87. The second kappa shape index (κ2) is 8.31. The SMILES string of the molecule is Nc1c(NNC(=O)c2cccc3ccccc23)ncnc1Nc1ccc(I)cc1. The second-order valence-corrected chi connectivity index (χ2v) is 7.47. The summed E-state index contributed by atoms with van der Waals surface area (Å²) >= 11 is 2.24. The van der Waals surface area contributed by atoms with Crippen molar-refractivity contribution in [1.82, 2.24) is 15.4 Å². The number of hydrogen-bond acceptors (Lipinski definition) is 6. The first-order chi connectivity index (χ1) is 14.1. The maximum atomic E-state index is 12.7. The van der Waals surface area contributed by atoms with Gasteiger partial charge in [0.1, 0.15) is 12.0 Å². The molecule has 4 aromatic rings. The highest BCUT2D eigenvalue weighted by molar-refractivity contribution is 14.1. The number of fused-ring (bicyclic) bond motifs is 1. The molecule has 0 unspecified atom stereocenters. The van der Waals surface area contributed by atoms with Crippen LogP contribution >= 0.6 is 22.6 Å². The molecule has 8 heteroatoms. The van der Waals surface area contributed by atoms with Gasteiger partial charge < -0.3 is 11.1 Å². The number of nitrogens with two attached hydrogens (primary N) is 1. The van der Waals surface area contributed by atoms with Gasteiger partial charge in [0.25, 0.3) is 5.91 Å². The highest BCUT2D eigenvalue weighted by atomic mass is 127. The van der Waals surface area contributed by atoms with Crippen LogP contribution in [0.3, 0.4) is 0 Å². The molecule has 1 heterocycles. The van der Waals surface area contributed by atoms with Crippen molar-refractivity contribution in [3.05, 3.63) is 82.2 Å². The van der Waals surface area contributed by atoms with E-state index in [2.05, 4.69) is 48.7 Å². The zero-order chi connectivity index (χ0) is 20.2. The van der Waals surface area contributed by atoms with Crippen molar-refractivity contribution in [2.45, 2.75) is 0 Å². The third-order valence-corrected chi connectivity index (χ3v) is 5.04. The number of nitrogen functional groups attached to an aromatic ring is 1. The van der Waals surface area contributed by atoms with Crippen molar-refractivity contribution in [3.8, 4) is 0 Å². The number of nitrogens with zero attached hydrogens (tertiary/aromatic N) is 2. The summed E-state index contributed by atoms with van der Waals surface area (Å²) in [4.78, 5) is 21.0. The normalized spacial score (nSPS) is 10.5. The molecule has 0 aliphatic heterocycles. The van der Waals surface area contributed by atoms with Gasteiger partial charge in [-0.1, -0.05) is 36.4 Å². The summed E-state index contributed by atoms with van der Waals surface area (Å²) in [5, 5.41) is 5.01. The number of hydrogen-bond donors (Lipinski definition) is 4. The Kier molecular flexibility index (Phi) is 5.43. The summed E-state index contributed by atoms with van der Waals surface area (Å²) in [5.74, 6) is 0.469. The minimum Gasteiger partial charge on any atom is -0.393 e. The summed E-state index contributed by atoms with van der Waals surface area (Å²) in [6.07, 6.45) is 1.37. The number of carbonyl (C=O) groups excluding carboxylic acids is 1. The van der Waals surface area contributed by atoms with Gasteiger partial charge in [0, 0.05) is 14.8 Å². The molecule has 1 aromatic heterocycles. The average molecular weight is 496 g/mol. The number of aromatic nitrogens is 2. The smallest absolute Gasteiger partial charge is 0.270 e. The molecule has 0 radical (unpaired) electrons. The maximum absolute atomic E-state index is 12.7. The Balaban J connectivity index is 1.51. The minimum absolute atomic E-state index is 0.285. The van der Waals surface area contributed by atoms with Crippen LogP contribution in [-0.2, 0) is 0 Å². The number of anilines is 4. The molecule has 29 heavy (non-hydrogen) atoms. The molecule has 0 atom stereocenters. The van der Waals surface area contributed by atoms with Crippen molar-refractivity contribution in [1.29, 1.82) is 0 Å². The van der Waals surface area contributed by atoms with Gasteiger partial charge in [0.15, 0.2) is 11.6 Å². The third-order valence-electron chi connectivity index (χ3n) is 4.32. The first-order valence-corrected chi connectivity index (χ1v) is 9.87. The highest BCUT2D eigenvalue weighted by Crippen LogP contribution is 2.26. The Labute approximate surface area is 180 Å². The largest absolute Gasteiger partial charge is 0.393 e. The molecular weight excluding hydrogens is 479 g/mol. The van der Waals surface area contributed by atoms with E-state index in [1.807, 2.05) is 60.7 Å². The predicted octanol–water partition coefficient (Wildman–Crippen LogP) is 4.32. The van der Waals surface area contributed by atoms with Gasteiger partial charge in [-0.15, -0.1) is 0 Å². The van der Waals surface area contributed by atoms with Crippen LogP contribution in [0.4, 0.5) is 23.0 Å². The molecule has 0 aliphatic rings. The molecule has 0 fully saturated rings. The van der Waals surface area contributed by atoms with Crippen molar-refractivity contribution < 1.29 is 4.79 Å². The zero-order valence-electron chi connectivity index (χ0n) is 15.2. The number of carbonyl (C=O) groups is 1. The number of amides is 1. The molecule has 0 bridgehead atoms. The molecule has 0 saturated carbocycles. The van der Waals surface area contributed by atoms with Crippen molar-refractivity contribution >= 4 is 62.3 Å². The molecule has 3 aromatic carbocycles. The van der Waals surface area contributed by atoms with E-state index in [1.165, 1.54) is 6.33 Å². The highest BCUT2D eigenvalue weighted by Gasteiger charge is 2.12. The first kappa shape index (κ1) is 18.9. The van der Waals surface area contributed by atoms with E-state index in [1.54, 1.807) is 6.07 Å². The number of benzene rings is 3. The van der Waals surface area contributed by atoms with Crippen molar-refractivity contribution in [3.63, 3.8) is 0 Å². The lowest BCUT2D eigenvalue weighted by molar-refractivity contribution is 0.0964. The minimum atomic E-state index is -0.285. The molecule has 0 saturated heterocycles. The standard InChI is InChI=1S/C21H17IN6O/c22-14-8-10-15(11-9-14)26-19-18(23)20(25-12-24-19)27-28-21(29)17-7-3-5-13-4-1-2-6-16(13)17/h1-12H,23H2,(H,28,29)(H2,24,25,26,27). The molecule has 144 valence electrons. The van der Waals surface area contributed by atoms with E-state index < -0.39 is 0 Å². The van der Waals surface area contributed by atoms with E-state index >= 15 is 0 Å². The van der Waals surface area contributed by atoms with E-state index in [0.717, 1.165) is 20.0 Å². The first-order valence-electron chi connectivity index (χ1n) is 8.79. The number of halogens is 1. The number of nitrogens with one attached hydrogen (secondary N) is 3. The third kappa shape index (κ3) is 4.21. The van der Waals surface area contributed by atoms with Crippen LogP contribution in [0.5, 0.6) is 0 Å². The Morgan fingerprint density at radius 3 is 2.45 bits per heavy atom. The Bertz CT molecular complexity index is 1170. The van der Waals surface area contributed by atoms with Crippen LogP contribution < -0.4 is 21.9 Å². The van der Waals surface area contributed by atoms with Gasteiger partial charge >= 0.3 is 0 Å². The van der Waals surface area contributed by atoms with Crippen LogP contribution in [0.1, 0.15) is 10.4 Å². The van der Waals surface area contributed by atoms with E-state index in [-0.39, 0.29) is 5.91 Å². The maximum Gasteiger partial charge on any atom is 0.270 e. The fraction of sp³-hybridized carbons (Fsp3) is 0. The van der Waals surface area contributed by atoms with Gasteiger partial charge in [0.05, 0.1) is 0 Å². The molecular formula is C21H17IN6O. The monoisotopic (exact) mass is 496 g/mol. The Morgan fingerprint density at radius 2 is 1.62 bits per heavy atom. The van der Waals surface area contributed by atoms with Crippen LogP contribution in [0.2, 0.25) is 0 Å². The van der Waals surface area contributed by atoms with Gasteiger partial charge in [-0.25, -0.2) is 9.97 Å². The Morgan fingerprint density at radius 1 is 0.897 bits per heavy atom. The average Bonchev–Trinajstić information content (AvgIpc) is 2.75. The van der Waals surface area contributed by atoms with E-state index in [0.29, 0.717) is 22.9 Å². The second-order valence-electron chi connectivity index (χ2n) is 6.22. The number of hydrazine groups is 1. The van der Waals surface area contributed by atoms with Crippen molar-refractivity contribution in [2.24, 2.45) is 0 Å². The van der Waals surface area contributed by atoms with Crippen LogP contribution in [0, 0.1) is 3.57 Å². The summed E-state index contributed by atoms with van der Waals surface area (Å²) in [6, 6.07) is 21.1. The molecule has 0 aliphatic carbocycles. The molecule has 7 nitrogen and oxygen atoms in total. The fourth-order valence-corrected chi connectivity index (χ4v) is 3.23. The topological polar surface area (TPSA) is 105 Å². The summed E-state index contributed by atoms with van der Waals surface area (Å²) in [7, 11) is 0. The van der Waals surface area contributed by atoms with Gasteiger partial charge in [-0.05, 0) is 63.7 Å². The summed E-state index contributed by atoms with van der Waals surface area (Å²) in [6.45, 7) is 0. The summed E-state index contributed by atoms with van der Waals surface area (Å²) < 4.78 is 1.13. The van der Waals surface area contributed by atoms with Gasteiger partial charge in [-0.3, -0.25) is 15.6 Å². The van der Waals surface area contributed by atoms with Gasteiger partial charge in [-0.2, -0.15) is 0 Å². The van der Waals surface area contributed by atoms with Crippen molar-refractivity contribution in [2.75, 3.05) is 16.5 Å². The van der Waals surface area contributed by atoms with Crippen LogP contribution in [0.25, 0.3) is 10.8 Å². The van der Waals surface area contributed by atoms with Crippen LogP contribution in [0.15, 0.2) is 73.1 Å². The summed E-state index contributed by atoms with van der Waals surface area (Å²) in [5.41, 5.74) is 13.3. The number of rotatable bonds is 5. The molecule has 5 N–H and O–H groups in total. The quantitative estimate of drug-likeness (QED) is 0.243. The predicted molar refractivity (Wildman–Crippen MR) is 124 cm³/mol. The molecule has 4 rings (SSSR count). The molecule has 1 amide bonds. The lowest BCUT2D eigenvalue weighted by Crippen LogP contribution is -2.30. The van der Waals surface area contributed by atoms with E-state index in [4.69, 9.17) is 5.73 Å². The van der Waals surface area contributed by atoms with Crippen LogP contribution in [-0.4, -0.2) is 15.9 Å². The molecule has 0 spiro atoms. The van der Waals surface area contributed by atoms with Gasteiger partial charge in [0.2, 0.25) is 0 Å². The lowest BCUT2D eigenvalue weighted by atomic mass is 10.0.